The number of amides is 4. The number of carbonyl (C=O) groups is 7. The zero-order chi connectivity index (χ0) is 37.9. The van der Waals surface area contributed by atoms with Crippen molar-refractivity contribution >= 4 is 42.0 Å². The third kappa shape index (κ3) is 12.7. The summed E-state index contributed by atoms with van der Waals surface area (Å²) < 4.78 is 19.5. The predicted molar refractivity (Wildman–Crippen MR) is 179 cm³/mol. The van der Waals surface area contributed by atoms with Gasteiger partial charge in [-0.25, -0.2) is 19.6 Å². The molecule has 278 valence electrons. The lowest BCUT2D eigenvalue weighted by molar-refractivity contribution is -0.168. The maximum Gasteiger partial charge on any atom is 0.343 e. The quantitative estimate of drug-likeness (QED) is 0.0275. The number of nitrogens with zero attached hydrogens (tertiary/aromatic N) is 2. The van der Waals surface area contributed by atoms with Crippen molar-refractivity contribution in [1.29, 1.82) is 0 Å². The van der Waals surface area contributed by atoms with Crippen LogP contribution in [0.25, 0.3) is 11.3 Å². The minimum Gasteiger partial charge on any atom is -0.481 e. The first-order chi connectivity index (χ1) is 24.4. The van der Waals surface area contributed by atoms with Gasteiger partial charge in [-0.05, 0) is 37.1 Å². The fraction of sp³-hybridized carbons (Fsp3) is 0.471. The molecule has 0 radical (unpaired) electrons. The number of hydroxylamine groups is 2. The first kappa shape index (κ1) is 41.6. The van der Waals surface area contributed by atoms with E-state index in [1.165, 1.54) is 24.3 Å². The van der Waals surface area contributed by atoms with Gasteiger partial charge in [-0.15, -0.1) is 0 Å². The predicted octanol–water partition coefficient (Wildman–Crippen LogP) is 1.76. The van der Waals surface area contributed by atoms with Gasteiger partial charge in [0.15, 0.2) is 6.61 Å². The van der Waals surface area contributed by atoms with Crippen LogP contribution < -0.4 is 20.7 Å². The second-order valence-corrected chi connectivity index (χ2v) is 11.1. The molecule has 0 fully saturated rings. The van der Waals surface area contributed by atoms with Gasteiger partial charge in [0.05, 0.1) is 57.6 Å². The molecule has 1 heterocycles. The maximum atomic E-state index is 13.2. The Morgan fingerprint density at radius 2 is 1.65 bits per heavy atom. The molecule has 17 nitrogen and oxygen atoms in total. The second kappa shape index (κ2) is 21.5. The third-order valence-corrected chi connectivity index (χ3v) is 7.76. The van der Waals surface area contributed by atoms with E-state index in [4.69, 9.17) is 4.74 Å². The first-order valence-corrected chi connectivity index (χ1v) is 16.2. The summed E-state index contributed by atoms with van der Waals surface area (Å²) in [5, 5.41) is 18.1. The number of nitrogens with one attached hydrogen (secondary N) is 3. The van der Waals surface area contributed by atoms with Crippen LogP contribution >= 0.6 is 0 Å². The van der Waals surface area contributed by atoms with E-state index in [-0.39, 0.29) is 35.8 Å². The van der Waals surface area contributed by atoms with Crippen LogP contribution in [0.15, 0.2) is 36.4 Å². The Morgan fingerprint density at radius 3 is 2.27 bits per heavy atom. The molecule has 0 aliphatic carbocycles. The van der Waals surface area contributed by atoms with E-state index >= 15 is 0 Å². The zero-order valence-corrected chi connectivity index (χ0v) is 29.3. The van der Waals surface area contributed by atoms with Crippen molar-refractivity contribution in [2.24, 2.45) is 5.92 Å². The van der Waals surface area contributed by atoms with Crippen LogP contribution in [0.2, 0.25) is 0 Å². The Kier molecular flexibility index (Phi) is 17.5. The zero-order valence-electron chi connectivity index (χ0n) is 29.3. The van der Waals surface area contributed by atoms with Gasteiger partial charge in [0.1, 0.15) is 17.5 Å². The lowest BCUT2D eigenvalue weighted by Gasteiger charge is -2.29. The van der Waals surface area contributed by atoms with Gasteiger partial charge in [0.25, 0.3) is 11.8 Å². The number of ether oxygens (including phenoxy) is 4. The van der Waals surface area contributed by atoms with Gasteiger partial charge in [-0.1, -0.05) is 45.2 Å². The summed E-state index contributed by atoms with van der Waals surface area (Å²) in [5.74, 6) is -5.11. The number of esters is 3. The van der Waals surface area contributed by atoms with Crippen LogP contribution in [-0.2, 0) is 38.2 Å². The Hall–Kier alpha value is -5.58. The van der Waals surface area contributed by atoms with Crippen molar-refractivity contribution in [3.05, 3.63) is 47.7 Å². The van der Waals surface area contributed by atoms with Crippen molar-refractivity contribution in [2.45, 2.75) is 64.5 Å². The highest BCUT2D eigenvalue weighted by atomic mass is 16.6. The number of hydrogen-bond acceptors (Lipinski definition) is 13. The van der Waals surface area contributed by atoms with Gasteiger partial charge in [-0.3, -0.25) is 29.2 Å². The number of rotatable bonds is 21. The van der Waals surface area contributed by atoms with Crippen LogP contribution in [-0.4, -0.2) is 104 Å². The molecule has 2 aromatic rings. The highest BCUT2D eigenvalue weighted by Gasteiger charge is 2.31. The highest BCUT2D eigenvalue weighted by Crippen LogP contribution is 2.27. The van der Waals surface area contributed by atoms with Crippen molar-refractivity contribution in [3.63, 3.8) is 0 Å². The van der Waals surface area contributed by atoms with Gasteiger partial charge in [0.2, 0.25) is 12.3 Å². The SMILES string of the molecule is CCCCC[C@@H](C(=O)NCNC(=O)c1cccc(-c2ccc(C(=O)N[C@@H](CC(=O)OC)C(=O)OC)c(OCC(=O)OC)c2)n1)[C@@H](CC)N(O)C=O. The van der Waals surface area contributed by atoms with Crippen LogP contribution in [0.5, 0.6) is 5.75 Å². The van der Waals surface area contributed by atoms with Gasteiger partial charge in [-0.2, -0.15) is 0 Å². The van der Waals surface area contributed by atoms with E-state index < -0.39 is 66.7 Å². The molecule has 0 aliphatic rings. The molecule has 0 unspecified atom stereocenters. The fourth-order valence-electron chi connectivity index (χ4n) is 5.01. The molecule has 0 spiro atoms. The smallest absolute Gasteiger partial charge is 0.343 e. The molecule has 1 aromatic heterocycles. The Bertz CT molecular complexity index is 1530. The summed E-state index contributed by atoms with van der Waals surface area (Å²) in [5.41, 5.74) is 0.524. The molecule has 2 rings (SSSR count). The monoisotopic (exact) mass is 715 g/mol. The Balaban J connectivity index is 2.27. The van der Waals surface area contributed by atoms with E-state index in [9.17, 15) is 38.8 Å². The maximum absolute atomic E-state index is 13.2. The summed E-state index contributed by atoms with van der Waals surface area (Å²) in [6.45, 7) is 2.94. The lowest BCUT2D eigenvalue weighted by atomic mass is 9.90. The standard InChI is InChI=1S/C34H45N5O12/c1-6-8-9-11-22(27(7-2)39(47)20-40)31(43)35-19-36-33(45)25-13-10-12-24(37-25)21-14-15-23(28(16-21)51-18-30(42)49-4)32(44)38-26(34(46)50-5)17-29(41)48-3/h10,12-16,20,22,26-27,47H,6-9,11,17-19H2,1-5H3,(H,35,43)(H,36,45)(H,38,44)/t22-,26+,27-/m1/s1. The van der Waals surface area contributed by atoms with Gasteiger partial charge >= 0.3 is 17.9 Å². The molecule has 4 amide bonds. The number of hydrogen-bond donors (Lipinski definition) is 4. The molecule has 17 heteroatoms. The van der Waals surface area contributed by atoms with E-state index in [1.807, 2.05) is 6.92 Å². The van der Waals surface area contributed by atoms with Crippen molar-refractivity contribution in [1.82, 2.24) is 26.0 Å². The molecule has 0 saturated heterocycles. The number of aromatic nitrogens is 1. The third-order valence-electron chi connectivity index (χ3n) is 7.76. The normalized spacial score (nSPS) is 12.3. The minimum absolute atomic E-state index is 0.0160. The van der Waals surface area contributed by atoms with Crippen molar-refractivity contribution in [2.75, 3.05) is 34.6 Å². The minimum atomic E-state index is -1.38. The van der Waals surface area contributed by atoms with Crippen LogP contribution in [0.4, 0.5) is 0 Å². The van der Waals surface area contributed by atoms with E-state index in [2.05, 4.69) is 35.1 Å². The van der Waals surface area contributed by atoms with E-state index in [1.54, 1.807) is 19.1 Å². The average Bonchev–Trinajstić information content (AvgIpc) is 3.15. The molecule has 4 N–H and O–H groups in total. The Morgan fingerprint density at radius 1 is 0.922 bits per heavy atom. The summed E-state index contributed by atoms with van der Waals surface area (Å²) in [6, 6.07) is 6.69. The molecule has 0 aliphatic heterocycles. The number of methoxy groups -OCH3 is 3. The molecule has 51 heavy (non-hydrogen) atoms. The summed E-state index contributed by atoms with van der Waals surface area (Å²) >= 11 is 0. The van der Waals surface area contributed by atoms with Crippen molar-refractivity contribution in [3.8, 4) is 17.0 Å². The van der Waals surface area contributed by atoms with E-state index in [0.29, 0.717) is 29.9 Å². The highest BCUT2D eigenvalue weighted by molar-refractivity contribution is 6.00. The second-order valence-electron chi connectivity index (χ2n) is 11.1. The first-order valence-electron chi connectivity index (χ1n) is 16.2. The molecular weight excluding hydrogens is 670 g/mol. The van der Waals surface area contributed by atoms with Crippen LogP contribution in [0, 0.1) is 5.92 Å². The lowest BCUT2D eigenvalue weighted by Crippen LogP contribution is -2.47. The van der Waals surface area contributed by atoms with Crippen LogP contribution in [0.3, 0.4) is 0 Å². The van der Waals surface area contributed by atoms with Gasteiger partial charge < -0.3 is 34.9 Å². The number of carbonyl (C=O) groups excluding carboxylic acids is 7. The summed E-state index contributed by atoms with van der Waals surface area (Å²) in [6.07, 6.45) is 3.03. The molecule has 1 aromatic carbocycles. The number of unbranched alkanes of at least 4 members (excludes halogenated alkanes) is 2. The molecule has 0 saturated carbocycles. The topological polar surface area (TPSA) is 229 Å². The van der Waals surface area contributed by atoms with E-state index in [0.717, 1.165) is 34.2 Å². The largest absolute Gasteiger partial charge is 0.481 e. The van der Waals surface area contributed by atoms with Crippen LogP contribution in [0.1, 0.15) is 73.2 Å². The molecule has 3 atom stereocenters. The molecule has 0 bridgehead atoms. The number of pyridine rings is 1. The van der Waals surface area contributed by atoms with Gasteiger partial charge in [0, 0.05) is 5.56 Å². The number of benzene rings is 1. The fourth-order valence-corrected chi connectivity index (χ4v) is 5.01. The summed E-state index contributed by atoms with van der Waals surface area (Å²) in [4.78, 5) is 90.8. The molecular formula is C34H45N5O12. The Labute approximate surface area is 295 Å². The average molecular weight is 716 g/mol. The van der Waals surface area contributed by atoms with Crippen molar-refractivity contribution < 1.29 is 57.7 Å². The summed E-state index contributed by atoms with van der Waals surface area (Å²) in [7, 11) is 3.36.